The van der Waals surface area contributed by atoms with Gasteiger partial charge in [0.2, 0.25) is 0 Å². The smallest absolute Gasteiger partial charge is 0.258 e. The van der Waals surface area contributed by atoms with E-state index in [4.69, 9.17) is 11.6 Å². The molecule has 0 saturated heterocycles. The Morgan fingerprint density at radius 3 is 2.75 bits per heavy atom. The van der Waals surface area contributed by atoms with Crippen molar-refractivity contribution in [2.75, 3.05) is 0 Å². The average Bonchev–Trinajstić information content (AvgIpc) is 2.04. The van der Waals surface area contributed by atoms with Crippen LogP contribution in [0.1, 0.15) is 10.9 Å². The van der Waals surface area contributed by atoms with Crippen molar-refractivity contribution < 1.29 is 4.92 Å². The van der Waals surface area contributed by atoms with Crippen LogP contribution in [-0.4, -0.2) is 4.92 Å². The number of non-ortho nitro benzene ring substituents is 1. The Morgan fingerprint density at radius 1 is 1.58 bits per heavy atom. The van der Waals surface area contributed by atoms with Crippen LogP contribution in [0.3, 0.4) is 0 Å². The lowest BCUT2D eigenvalue weighted by atomic mass is 10.1. The lowest BCUT2D eigenvalue weighted by Crippen LogP contribution is -1.90. The molecule has 1 radical (unpaired) electrons. The van der Waals surface area contributed by atoms with Crippen molar-refractivity contribution in [2.24, 2.45) is 0 Å². The van der Waals surface area contributed by atoms with Crippen molar-refractivity contribution in [2.45, 2.75) is 5.38 Å². The Balaban J connectivity index is 3.04. The minimum absolute atomic E-state index is 0.0433. The molecular weight excluding hydrogens is 178 g/mol. The zero-order valence-corrected chi connectivity index (χ0v) is 6.99. The van der Waals surface area contributed by atoms with E-state index in [2.05, 4.69) is 6.92 Å². The Bertz CT molecular complexity index is 299. The third kappa shape index (κ3) is 1.95. The quantitative estimate of drug-likeness (QED) is 0.403. The molecule has 0 saturated carbocycles. The van der Waals surface area contributed by atoms with Crippen LogP contribution in [0.25, 0.3) is 0 Å². The highest BCUT2D eigenvalue weighted by molar-refractivity contribution is 6.21. The van der Waals surface area contributed by atoms with Gasteiger partial charge in [0.25, 0.3) is 5.69 Å². The summed E-state index contributed by atoms with van der Waals surface area (Å²) in [5.41, 5.74) is 0.702. The highest BCUT2D eigenvalue weighted by atomic mass is 35.5. The molecule has 1 atom stereocenters. The molecule has 0 fully saturated rings. The van der Waals surface area contributed by atoms with E-state index in [0.717, 1.165) is 0 Å². The van der Waals surface area contributed by atoms with E-state index in [1.165, 1.54) is 12.1 Å². The summed E-state index contributed by atoms with van der Waals surface area (Å²) in [4.78, 5) is 9.86. The molecule has 0 spiro atoms. The third-order valence-electron chi connectivity index (χ3n) is 1.44. The van der Waals surface area contributed by atoms with Crippen molar-refractivity contribution in [1.82, 2.24) is 0 Å². The molecule has 1 aromatic carbocycles. The fourth-order valence-corrected chi connectivity index (χ4v) is 0.969. The Hall–Kier alpha value is -1.09. The predicted molar refractivity (Wildman–Crippen MR) is 47.0 cm³/mol. The summed E-state index contributed by atoms with van der Waals surface area (Å²) in [6, 6.07) is 6.14. The minimum atomic E-state index is -0.456. The molecule has 3 nitrogen and oxygen atoms in total. The standard InChI is InChI=1S/C8H7ClNO2/c1-6(9)7-3-2-4-8(5-7)10(11)12/h2-6H,1H2. The molecule has 4 heteroatoms. The molecule has 0 aliphatic rings. The van der Waals surface area contributed by atoms with E-state index >= 15 is 0 Å². The van der Waals surface area contributed by atoms with Crippen LogP contribution in [0, 0.1) is 17.0 Å². The first-order valence-electron chi connectivity index (χ1n) is 3.33. The monoisotopic (exact) mass is 184 g/mol. The highest BCUT2D eigenvalue weighted by Gasteiger charge is 2.07. The maximum atomic E-state index is 10.3. The van der Waals surface area contributed by atoms with E-state index in [-0.39, 0.29) is 5.69 Å². The van der Waals surface area contributed by atoms with Crippen molar-refractivity contribution in [3.63, 3.8) is 0 Å². The van der Waals surface area contributed by atoms with Crippen LogP contribution in [0.2, 0.25) is 0 Å². The molecule has 0 N–H and O–H groups in total. The number of rotatable bonds is 2. The number of hydrogen-bond acceptors (Lipinski definition) is 2. The number of hydrogen-bond donors (Lipinski definition) is 0. The van der Waals surface area contributed by atoms with Gasteiger partial charge in [0.1, 0.15) is 0 Å². The van der Waals surface area contributed by atoms with E-state index < -0.39 is 10.3 Å². The van der Waals surface area contributed by atoms with Gasteiger partial charge >= 0.3 is 0 Å². The maximum absolute atomic E-state index is 10.3. The molecule has 0 aromatic heterocycles. The third-order valence-corrected chi connectivity index (χ3v) is 1.69. The van der Waals surface area contributed by atoms with Gasteiger partial charge in [0, 0.05) is 12.1 Å². The number of nitro benzene ring substituents is 1. The first kappa shape index (κ1) is 9.00. The molecular formula is C8H7ClNO2. The second-order valence-corrected chi connectivity index (χ2v) is 2.85. The summed E-state index contributed by atoms with van der Waals surface area (Å²) in [6.45, 7) is 3.55. The zero-order chi connectivity index (χ0) is 9.14. The molecule has 0 amide bonds. The number of alkyl halides is 1. The number of halogens is 1. The summed E-state index contributed by atoms with van der Waals surface area (Å²) in [7, 11) is 0. The van der Waals surface area contributed by atoms with Crippen molar-refractivity contribution >= 4 is 17.3 Å². The van der Waals surface area contributed by atoms with Crippen molar-refractivity contribution in [3.05, 3.63) is 46.9 Å². The number of nitrogens with zero attached hydrogens (tertiary/aromatic N) is 1. The van der Waals surface area contributed by atoms with Gasteiger partial charge in [-0.15, -0.1) is 11.6 Å². The highest BCUT2D eigenvalue weighted by Crippen LogP contribution is 2.22. The first-order chi connectivity index (χ1) is 5.61. The van der Waals surface area contributed by atoms with Crippen LogP contribution >= 0.6 is 11.6 Å². The maximum Gasteiger partial charge on any atom is 0.269 e. The molecule has 0 heterocycles. The fourth-order valence-electron chi connectivity index (χ4n) is 0.833. The van der Waals surface area contributed by atoms with E-state index in [1.807, 2.05) is 0 Å². The largest absolute Gasteiger partial charge is 0.269 e. The second kappa shape index (κ2) is 3.54. The van der Waals surface area contributed by atoms with Crippen LogP contribution in [0.5, 0.6) is 0 Å². The average molecular weight is 185 g/mol. The van der Waals surface area contributed by atoms with Gasteiger partial charge < -0.3 is 0 Å². The Morgan fingerprint density at radius 2 is 2.25 bits per heavy atom. The summed E-state index contributed by atoms with van der Waals surface area (Å²) in [5.74, 6) is 0. The SMILES string of the molecule is [CH2]C(Cl)c1cccc([N+](=O)[O-])c1. The van der Waals surface area contributed by atoms with Crippen LogP contribution in [0.15, 0.2) is 24.3 Å². The molecule has 63 valence electrons. The summed E-state index contributed by atoms with van der Waals surface area (Å²) < 4.78 is 0. The Labute approximate surface area is 75.1 Å². The van der Waals surface area contributed by atoms with Crippen LogP contribution in [-0.2, 0) is 0 Å². The zero-order valence-electron chi connectivity index (χ0n) is 6.24. The van der Waals surface area contributed by atoms with Gasteiger partial charge in [-0.2, -0.15) is 0 Å². The van der Waals surface area contributed by atoms with Gasteiger partial charge in [-0.05, 0) is 12.5 Å². The van der Waals surface area contributed by atoms with Gasteiger partial charge in [0.05, 0.1) is 10.3 Å². The molecule has 1 aromatic rings. The molecule has 1 unspecified atom stereocenters. The first-order valence-corrected chi connectivity index (χ1v) is 3.76. The predicted octanol–water partition coefficient (Wildman–Crippen LogP) is 2.71. The lowest BCUT2D eigenvalue weighted by Gasteiger charge is -2.00. The van der Waals surface area contributed by atoms with Gasteiger partial charge in [-0.1, -0.05) is 12.1 Å². The van der Waals surface area contributed by atoms with Gasteiger partial charge in [-0.3, -0.25) is 10.1 Å². The minimum Gasteiger partial charge on any atom is -0.258 e. The molecule has 12 heavy (non-hydrogen) atoms. The van der Waals surface area contributed by atoms with Gasteiger partial charge in [0.15, 0.2) is 0 Å². The Kier molecular flexibility index (Phi) is 2.65. The van der Waals surface area contributed by atoms with Crippen molar-refractivity contribution in [1.29, 1.82) is 0 Å². The second-order valence-electron chi connectivity index (χ2n) is 2.32. The van der Waals surface area contributed by atoms with E-state index in [0.29, 0.717) is 5.56 Å². The van der Waals surface area contributed by atoms with Gasteiger partial charge in [-0.25, -0.2) is 0 Å². The van der Waals surface area contributed by atoms with Crippen molar-refractivity contribution in [3.8, 4) is 0 Å². The molecule has 1 rings (SSSR count). The number of benzene rings is 1. The summed E-state index contributed by atoms with van der Waals surface area (Å²) >= 11 is 5.65. The van der Waals surface area contributed by atoms with E-state index in [9.17, 15) is 10.1 Å². The van der Waals surface area contributed by atoms with E-state index in [1.54, 1.807) is 12.1 Å². The lowest BCUT2D eigenvalue weighted by molar-refractivity contribution is -0.384. The number of nitro groups is 1. The summed E-state index contributed by atoms with van der Waals surface area (Å²) in [6.07, 6.45) is 0. The molecule has 0 aliphatic heterocycles. The summed E-state index contributed by atoms with van der Waals surface area (Å²) in [5, 5.41) is 9.88. The fraction of sp³-hybridized carbons (Fsp3) is 0.125. The van der Waals surface area contributed by atoms with Crippen LogP contribution in [0.4, 0.5) is 5.69 Å². The molecule has 0 bridgehead atoms. The molecule has 0 aliphatic carbocycles. The topological polar surface area (TPSA) is 43.1 Å². The normalized spacial score (nSPS) is 12.5. The van der Waals surface area contributed by atoms with Crippen LogP contribution < -0.4 is 0 Å².